The van der Waals surface area contributed by atoms with Crippen LogP contribution < -0.4 is 10.2 Å². The van der Waals surface area contributed by atoms with Gasteiger partial charge in [0.1, 0.15) is 17.8 Å². The number of carbonyl (C=O) groups is 1. The summed E-state index contributed by atoms with van der Waals surface area (Å²) in [7, 11) is 2.11. The number of hydrogen-bond donors (Lipinski definition) is 1. The number of fused-ring (bicyclic) bond motifs is 1. The van der Waals surface area contributed by atoms with Crippen molar-refractivity contribution in [3.05, 3.63) is 41.9 Å². The molecule has 1 fully saturated rings. The normalized spacial score (nSPS) is 15.4. The molecule has 1 saturated heterocycles. The number of thiazole rings is 1. The molecule has 1 aromatic carbocycles. The summed E-state index contributed by atoms with van der Waals surface area (Å²) in [5.74, 6) is 0.526. The number of amides is 1. The van der Waals surface area contributed by atoms with Crippen molar-refractivity contribution in [2.45, 2.75) is 6.92 Å². The van der Waals surface area contributed by atoms with E-state index in [1.54, 1.807) is 6.07 Å². The first-order valence-electron chi connectivity index (χ1n) is 8.53. The first-order valence-corrected chi connectivity index (χ1v) is 9.35. The quantitative estimate of drug-likeness (QED) is 0.765. The van der Waals surface area contributed by atoms with Crippen LogP contribution in [-0.2, 0) is 0 Å². The topological polar surface area (TPSA) is 74.2 Å². The molecule has 1 amide bonds. The molecule has 0 radical (unpaired) electrons. The van der Waals surface area contributed by atoms with E-state index >= 15 is 0 Å². The summed E-state index contributed by atoms with van der Waals surface area (Å²) in [5, 5.41) is 3.45. The molecule has 0 unspecified atom stereocenters. The van der Waals surface area contributed by atoms with Crippen LogP contribution in [0, 0.1) is 6.92 Å². The lowest BCUT2D eigenvalue weighted by Gasteiger charge is -2.33. The van der Waals surface area contributed by atoms with Crippen LogP contribution >= 0.6 is 11.3 Å². The smallest absolute Gasteiger partial charge is 0.276 e. The van der Waals surface area contributed by atoms with Crippen LogP contribution in [0.4, 0.5) is 10.9 Å². The van der Waals surface area contributed by atoms with E-state index < -0.39 is 0 Å². The summed E-state index contributed by atoms with van der Waals surface area (Å²) < 4.78 is 1.06. The number of anilines is 2. The first kappa shape index (κ1) is 16.9. The zero-order chi connectivity index (χ0) is 18.1. The monoisotopic (exact) mass is 368 g/mol. The van der Waals surface area contributed by atoms with Gasteiger partial charge in [-0.05, 0) is 25.6 Å². The highest BCUT2D eigenvalue weighted by Gasteiger charge is 2.18. The van der Waals surface area contributed by atoms with Crippen LogP contribution in [0.1, 0.15) is 16.1 Å². The molecule has 0 saturated carbocycles. The molecule has 1 aliphatic heterocycles. The van der Waals surface area contributed by atoms with Gasteiger partial charge in [0.2, 0.25) is 0 Å². The maximum atomic E-state index is 12.6. The van der Waals surface area contributed by atoms with Gasteiger partial charge in [0.05, 0.1) is 10.2 Å². The van der Waals surface area contributed by atoms with E-state index in [0.717, 1.165) is 47.8 Å². The average molecular weight is 368 g/mol. The first-order chi connectivity index (χ1) is 12.6. The highest BCUT2D eigenvalue weighted by Crippen LogP contribution is 2.28. The van der Waals surface area contributed by atoms with E-state index in [-0.39, 0.29) is 5.91 Å². The Morgan fingerprint density at radius 2 is 2.00 bits per heavy atom. The van der Waals surface area contributed by atoms with Gasteiger partial charge in [-0.1, -0.05) is 23.5 Å². The van der Waals surface area contributed by atoms with Crippen LogP contribution in [0.5, 0.6) is 0 Å². The Hall–Kier alpha value is -2.58. The number of benzene rings is 1. The molecule has 1 N–H and O–H groups in total. The van der Waals surface area contributed by atoms with Gasteiger partial charge < -0.3 is 9.80 Å². The second kappa shape index (κ2) is 6.97. The molecular formula is C18H20N6OS. The van der Waals surface area contributed by atoms with Crippen molar-refractivity contribution >= 4 is 38.4 Å². The second-order valence-electron chi connectivity index (χ2n) is 6.45. The maximum absolute atomic E-state index is 12.6. The Morgan fingerprint density at radius 3 is 2.77 bits per heavy atom. The van der Waals surface area contributed by atoms with Gasteiger partial charge in [-0.3, -0.25) is 10.1 Å². The van der Waals surface area contributed by atoms with E-state index in [1.165, 1.54) is 17.7 Å². The van der Waals surface area contributed by atoms with Crippen LogP contribution in [-0.4, -0.2) is 59.0 Å². The van der Waals surface area contributed by atoms with Gasteiger partial charge in [0.25, 0.3) is 5.91 Å². The third kappa shape index (κ3) is 3.38. The molecule has 0 atom stereocenters. The number of hydrogen-bond acceptors (Lipinski definition) is 7. The van der Waals surface area contributed by atoms with Gasteiger partial charge >= 0.3 is 0 Å². The minimum Gasteiger partial charge on any atom is -0.354 e. The number of piperazine rings is 1. The average Bonchev–Trinajstić information content (AvgIpc) is 3.06. The second-order valence-corrected chi connectivity index (χ2v) is 7.48. The van der Waals surface area contributed by atoms with Crippen molar-refractivity contribution < 1.29 is 4.79 Å². The standard InChI is InChI=1S/C18H20N6OS/c1-12-4-3-5-14-16(12)21-18(26-14)22-17(25)13-10-15(20-11-19-13)24-8-6-23(2)7-9-24/h3-5,10-11H,6-9H2,1-2H3,(H,21,22,25). The van der Waals surface area contributed by atoms with Crippen LogP contribution in [0.25, 0.3) is 10.2 Å². The molecular weight excluding hydrogens is 348 g/mol. The van der Waals surface area contributed by atoms with Gasteiger partial charge in [0.15, 0.2) is 5.13 Å². The summed E-state index contributed by atoms with van der Waals surface area (Å²) in [5.41, 5.74) is 2.37. The molecule has 0 aliphatic carbocycles. The molecule has 1 aliphatic rings. The van der Waals surface area contributed by atoms with E-state index in [0.29, 0.717) is 10.8 Å². The van der Waals surface area contributed by atoms with E-state index in [9.17, 15) is 4.79 Å². The zero-order valence-electron chi connectivity index (χ0n) is 14.8. The number of aryl methyl sites for hydroxylation is 1. The van der Waals surface area contributed by atoms with Gasteiger partial charge in [-0.25, -0.2) is 15.0 Å². The van der Waals surface area contributed by atoms with Crippen molar-refractivity contribution in [1.82, 2.24) is 19.9 Å². The highest BCUT2D eigenvalue weighted by atomic mass is 32.1. The van der Waals surface area contributed by atoms with Crippen molar-refractivity contribution in [2.24, 2.45) is 0 Å². The van der Waals surface area contributed by atoms with Crippen molar-refractivity contribution in [3.63, 3.8) is 0 Å². The fourth-order valence-corrected chi connectivity index (χ4v) is 3.92. The Bertz CT molecular complexity index is 948. The van der Waals surface area contributed by atoms with Crippen LogP contribution in [0.3, 0.4) is 0 Å². The number of para-hydroxylation sites is 1. The Labute approximate surface area is 155 Å². The lowest BCUT2D eigenvalue weighted by atomic mass is 10.2. The summed E-state index contributed by atoms with van der Waals surface area (Å²) in [6.07, 6.45) is 1.45. The summed E-state index contributed by atoms with van der Waals surface area (Å²) in [6, 6.07) is 7.76. The summed E-state index contributed by atoms with van der Waals surface area (Å²) >= 11 is 1.46. The number of aromatic nitrogens is 3. The molecule has 2 aromatic heterocycles. The largest absolute Gasteiger partial charge is 0.354 e. The number of nitrogens with zero attached hydrogens (tertiary/aromatic N) is 5. The van der Waals surface area contributed by atoms with Gasteiger partial charge in [-0.2, -0.15) is 0 Å². The van der Waals surface area contributed by atoms with Crippen molar-refractivity contribution in [3.8, 4) is 0 Å². The Kier molecular flexibility index (Phi) is 4.52. The summed E-state index contributed by atoms with van der Waals surface area (Å²) in [6.45, 7) is 5.77. The molecule has 4 rings (SSSR count). The third-order valence-corrected chi connectivity index (χ3v) is 5.49. The van der Waals surface area contributed by atoms with Crippen LogP contribution in [0.2, 0.25) is 0 Å². The predicted molar refractivity (Wildman–Crippen MR) is 104 cm³/mol. The molecule has 0 bridgehead atoms. The lowest BCUT2D eigenvalue weighted by molar-refractivity contribution is 0.102. The van der Waals surface area contributed by atoms with Gasteiger partial charge in [-0.15, -0.1) is 0 Å². The Morgan fingerprint density at radius 1 is 1.19 bits per heavy atom. The van der Waals surface area contributed by atoms with E-state index in [4.69, 9.17) is 0 Å². The van der Waals surface area contributed by atoms with Crippen molar-refractivity contribution in [2.75, 3.05) is 43.4 Å². The zero-order valence-corrected chi connectivity index (χ0v) is 15.6. The minimum atomic E-state index is -0.264. The molecule has 3 aromatic rings. The highest BCUT2D eigenvalue weighted by molar-refractivity contribution is 7.22. The molecule has 7 nitrogen and oxygen atoms in total. The lowest BCUT2D eigenvalue weighted by Crippen LogP contribution is -2.44. The predicted octanol–water partition coefficient (Wildman–Crippen LogP) is 2.40. The fourth-order valence-electron chi connectivity index (χ4n) is 2.98. The molecule has 134 valence electrons. The maximum Gasteiger partial charge on any atom is 0.276 e. The minimum absolute atomic E-state index is 0.264. The molecule has 26 heavy (non-hydrogen) atoms. The third-order valence-electron chi connectivity index (χ3n) is 4.55. The SMILES string of the molecule is Cc1cccc2sc(NC(=O)c3cc(N4CCN(C)CC4)ncn3)nc12. The van der Waals surface area contributed by atoms with E-state index in [1.807, 2.05) is 25.1 Å². The number of carbonyl (C=O) groups excluding carboxylic acids is 1. The van der Waals surface area contributed by atoms with Gasteiger partial charge in [0, 0.05) is 32.2 Å². The molecule has 3 heterocycles. The molecule has 8 heteroatoms. The summed E-state index contributed by atoms with van der Waals surface area (Å²) in [4.78, 5) is 30.0. The van der Waals surface area contributed by atoms with E-state index in [2.05, 4.69) is 37.1 Å². The van der Waals surface area contributed by atoms with Crippen LogP contribution in [0.15, 0.2) is 30.6 Å². The Balaban J connectivity index is 1.52. The number of rotatable bonds is 3. The fraction of sp³-hybridized carbons (Fsp3) is 0.333. The number of likely N-dealkylation sites (N-methyl/N-ethyl adjacent to an activating group) is 1. The van der Waals surface area contributed by atoms with Crippen molar-refractivity contribution in [1.29, 1.82) is 0 Å². The number of nitrogens with one attached hydrogen (secondary N) is 1. The molecule has 0 spiro atoms.